The molecule has 1 heterocycles. The van der Waals surface area contributed by atoms with Crippen molar-refractivity contribution in [2.75, 3.05) is 44.1 Å². The van der Waals surface area contributed by atoms with E-state index in [1.165, 1.54) is 12.8 Å². The quantitative estimate of drug-likeness (QED) is 0.255. The number of carbonyl (C=O) groups excluding carboxylic acids is 2. The number of rotatable bonds is 12. The van der Waals surface area contributed by atoms with Crippen LogP contribution >= 0.6 is 0 Å². The van der Waals surface area contributed by atoms with E-state index in [0.29, 0.717) is 23.6 Å². The number of nitrogens with zero attached hydrogens (tertiary/aromatic N) is 2. The Balaban J connectivity index is 1.44. The van der Waals surface area contributed by atoms with E-state index in [1.807, 2.05) is 30.3 Å². The third-order valence-electron chi connectivity index (χ3n) is 8.30. The molecule has 1 saturated carbocycles. The van der Waals surface area contributed by atoms with Crippen LogP contribution < -0.4 is 19.7 Å². The number of carboxylic acids is 1. The van der Waals surface area contributed by atoms with E-state index in [2.05, 4.69) is 22.3 Å². The minimum absolute atomic E-state index is 0.00958. The van der Waals surface area contributed by atoms with Crippen LogP contribution in [-0.4, -0.2) is 61.6 Å². The molecule has 9 heteroatoms. The zero-order valence-electron chi connectivity index (χ0n) is 25.5. The van der Waals surface area contributed by atoms with Crippen molar-refractivity contribution >= 4 is 29.2 Å². The van der Waals surface area contributed by atoms with Crippen molar-refractivity contribution in [1.29, 1.82) is 0 Å². The summed E-state index contributed by atoms with van der Waals surface area (Å²) in [5.74, 6) is -0.0957. The summed E-state index contributed by atoms with van der Waals surface area (Å²) in [5.41, 5.74) is 4.97. The van der Waals surface area contributed by atoms with Crippen molar-refractivity contribution in [2.45, 2.75) is 51.5 Å². The van der Waals surface area contributed by atoms with Gasteiger partial charge in [-0.05, 0) is 78.8 Å². The molecule has 1 aliphatic heterocycles. The molecule has 1 saturated heterocycles. The summed E-state index contributed by atoms with van der Waals surface area (Å²) < 4.78 is 10.8. The number of carbonyl (C=O) groups is 3. The summed E-state index contributed by atoms with van der Waals surface area (Å²) in [6.45, 7) is 2.39. The monoisotopic (exact) mass is 599 g/mol. The van der Waals surface area contributed by atoms with Crippen LogP contribution in [0.5, 0.6) is 11.5 Å². The largest absolute Gasteiger partial charge is 0.493 e. The fraction of sp³-hybridized carbons (Fsp3) is 0.400. The van der Waals surface area contributed by atoms with E-state index in [9.17, 15) is 19.5 Å². The average Bonchev–Trinajstić information content (AvgIpc) is 3.91. The highest BCUT2D eigenvalue weighted by Gasteiger charge is 2.33. The highest BCUT2D eigenvalue weighted by molar-refractivity contribution is 6.06. The molecule has 2 amide bonds. The topological polar surface area (TPSA) is 108 Å². The summed E-state index contributed by atoms with van der Waals surface area (Å²) in [4.78, 5) is 41.7. The van der Waals surface area contributed by atoms with E-state index in [0.717, 1.165) is 66.8 Å². The Morgan fingerprint density at radius 2 is 1.61 bits per heavy atom. The van der Waals surface area contributed by atoms with Gasteiger partial charge in [-0.3, -0.25) is 14.4 Å². The third-order valence-corrected chi connectivity index (χ3v) is 8.30. The molecule has 0 radical (unpaired) electrons. The van der Waals surface area contributed by atoms with Gasteiger partial charge in [0.15, 0.2) is 11.5 Å². The molecule has 0 unspecified atom stereocenters. The molecular formula is C35H41N3O6. The zero-order chi connectivity index (χ0) is 31.1. The number of methoxy groups -OCH3 is 2. The molecule has 3 aromatic carbocycles. The van der Waals surface area contributed by atoms with Crippen molar-refractivity contribution < 1.29 is 29.0 Å². The first-order valence-corrected chi connectivity index (χ1v) is 15.4. The molecule has 2 aliphatic rings. The molecule has 1 aliphatic carbocycles. The summed E-state index contributed by atoms with van der Waals surface area (Å²) >= 11 is 0. The van der Waals surface area contributed by atoms with Gasteiger partial charge in [-0.1, -0.05) is 37.1 Å². The Morgan fingerprint density at radius 1 is 0.886 bits per heavy atom. The van der Waals surface area contributed by atoms with Crippen LogP contribution in [0.4, 0.5) is 11.4 Å². The molecule has 0 aromatic heterocycles. The zero-order valence-corrected chi connectivity index (χ0v) is 25.5. The standard InChI is InChI=1S/C35H41N3O6/c1-43-31-15-13-28(22-32(31)44-2)34(41)36-29-21-27(12-14-30(29)37-17-5-3-4-6-18-37)26-9-7-8-24(20-26)23-38(19-16-33(39)40)35(42)25-10-11-25/h7-9,12-15,20-22,25H,3-6,10-11,16-19,23H2,1-2H3,(H,36,41)(H,39,40). The number of nitrogens with one attached hydrogen (secondary N) is 1. The van der Waals surface area contributed by atoms with Crippen LogP contribution in [0.3, 0.4) is 0 Å². The van der Waals surface area contributed by atoms with Crippen molar-refractivity contribution in [1.82, 2.24) is 4.90 Å². The van der Waals surface area contributed by atoms with Crippen molar-refractivity contribution in [3.05, 3.63) is 71.8 Å². The number of anilines is 2. The second kappa shape index (κ2) is 14.3. The number of amides is 2. The first-order valence-electron chi connectivity index (χ1n) is 15.4. The summed E-state index contributed by atoms with van der Waals surface area (Å²) in [6.07, 6.45) is 6.24. The van der Waals surface area contributed by atoms with Gasteiger partial charge in [0.1, 0.15) is 0 Å². The van der Waals surface area contributed by atoms with E-state index in [1.54, 1.807) is 37.3 Å². The van der Waals surface area contributed by atoms with Crippen molar-refractivity contribution in [3.8, 4) is 22.6 Å². The average molecular weight is 600 g/mol. The van der Waals surface area contributed by atoms with Crippen molar-refractivity contribution in [2.24, 2.45) is 5.92 Å². The molecular weight excluding hydrogens is 558 g/mol. The number of benzene rings is 3. The second-order valence-electron chi connectivity index (χ2n) is 11.5. The predicted octanol–water partition coefficient (Wildman–Crippen LogP) is 6.22. The molecule has 9 nitrogen and oxygen atoms in total. The molecule has 44 heavy (non-hydrogen) atoms. The normalized spacial score (nSPS) is 14.8. The lowest BCUT2D eigenvalue weighted by molar-refractivity contribution is -0.139. The molecule has 5 rings (SSSR count). The molecule has 0 spiro atoms. The van der Waals surface area contributed by atoms with E-state index in [4.69, 9.17) is 9.47 Å². The maximum Gasteiger partial charge on any atom is 0.305 e. The fourth-order valence-electron chi connectivity index (χ4n) is 5.73. The SMILES string of the molecule is COc1ccc(C(=O)Nc2cc(-c3cccc(CN(CCC(=O)O)C(=O)C4CC4)c3)ccc2N2CCCCCC2)cc1OC. The Morgan fingerprint density at radius 3 is 2.30 bits per heavy atom. The van der Waals surface area contributed by atoms with Gasteiger partial charge in [0.2, 0.25) is 5.91 Å². The Hall–Kier alpha value is -4.53. The number of aliphatic carboxylic acids is 1. The lowest BCUT2D eigenvalue weighted by atomic mass is 10.0. The molecule has 2 N–H and O–H groups in total. The van der Waals surface area contributed by atoms with Crippen LogP contribution in [0.25, 0.3) is 11.1 Å². The van der Waals surface area contributed by atoms with Gasteiger partial charge in [0.25, 0.3) is 5.91 Å². The van der Waals surface area contributed by atoms with Crippen LogP contribution in [0.1, 0.15) is 60.9 Å². The Bertz CT molecular complexity index is 1490. The summed E-state index contributed by atoms with van der Waals surface area (Å²) in [5, 5.41) is 12.4. The van der Waals surface area contributed by atoms with Gasteiger partial charge in [-0.2, -0.15) is 0 Å². The van der Waals surface area contributed by atoms with Gasteiger partial charge >= 0.3 is 5.97 Å². The molecule has 232 valence electrons. The number of hydrogen-bond donors (Lipinski definition) is 2. The van der Waals surface area contributed by atoms with Crippen LogP contribution in [0.15, 0.2) is 60.7 Å². The van der Waals surface area contributed by atoms with Gasteiger partial charge in [-0.15, -0.1) is 0 Å². The van der Waals surface area contributed by atoms with E-state index in [-0.39, 0.29) is 30.7 Å². The van der Waals surface area contributed by atoms with Gasteiger partial charge in [0, 0.05) is 37.7 Å². The number of ether oxygens (including phenoxy) is 2. The van der Waals surface area contributed by atoms with E-state index < -0.39 is 5.97 Å². The number of carboxylic acid groups (broad SMARTS) is 1. The molecule has 3 aromatic rings. The van der Waals surface area contributed by atoms with E-state index >= 15 is 0 Å². The van der Waals surface area contributed by atoms with Gasteiger partial charge in [-0.25, -0.2) is 0 Å². The predicted molar refractivity (Wildman–Crippen MR) is 170 cm³/mol. The third kappa shape index (κ3) is 7.70. The fourth-order valence-corrected chi connectivity index (χ4v) is 5.73. The molecule has 0 atom stereocenters. The van der Waals surface area contributed by atoms with Crippen LogP contribution in [0.2, 0.25) is 0 Å². The maximum absolute atomic E-state index is 13.5. The Kier molecular flexibility index (Phi) is 10.0. The highest BCUT2D eigenvalue weighted by atomic mass is 16.5. The lowest BCUT2D eigenvalue weighted by Crippen LogP contribution is -2.33. The van der Waals surface area contributed by atoms with Gasteiger partial charge < -0.3 is 29.7 Å². The summed E-state index contributed by atoms with van der Waals surface area (Å²) in [7, 11) is 3.10. The lowest BCUT2D eigenvalue weighted by Gasteiger charge is -2.26. The summed E-state index contributed by atoms with van der Waals surface area (Å²) in [6, 6.07) is 19.2. The molecule has 0 bridgehead atoms. The minimum Gasteiger partial charge on any atom is -0.493 e. The van der Waals surface area contributed by atoms with Crippen LogP contribution in [-0.2, 0) is 16.1 Å². The Labute approximate surface area is 258 Å². The molecule has 2 fully saturated rings. The van der Waals surface area contributed by atoms with Gasteiger partial charge in [0.05, 0.1) is 32.0 Å². The number of hydrogen-bond acceptors (Lipinski definition) is 6. The maximum atomic E-state index is 13.5. The minimum atomic E-state index is -0.917. The van der Waals surface area contributed by atoms with Crippen LogP contribution in [0, 0.1) is 5.92 Å². The van der Waals surface area contributed by atoms with Crippen molar-refractivity contribution in [3.63, 3.8) is 0 Å². The first-order chi connectivity index (χ1) is 21.4. The first kappa shape index (κ1) is 30.9. The second-order valence-corrected chi connectivity index (χ2v) is 11.5. The smallest absolute Gasteiger partial charge is 0.305 e. The highest BCUT2D eigenvalue weighted by Crippen LogP contribution is 2.35.